The second-order valence-electron chi connectivity index (χ2n) is 29.3. The molecule has 33 nitrogen and oxygen atoms in total. The van der Waals surface area contributed by atoms with Crippen LogP contribution in [0, 0.1) is 22.7 Å². The third-order valence-corrected chi connectivity index (χ3v) is 20.0. The first kappa shape index (κ1) is 91.6. The molecule has 0 saturated carbocycles. The van der Waals surface area contributed by atoms with Crippen LogP contribution < -0.4 is 71.9 Å². The minimum atomic E-state index is -0.668. The van der Waals surface area contributed by atoms with Gasteiger partial charge in [-0.2, -0.15) is 30.5 Å². The standard InChI is InChI=1S/C31H29N9O3.C31H34N4O5.C26H26N4O3.C5H4ClN5/c1-3-22(36-27-21(16-32)26(33)38-31(34)39-27)28-37-24-11-7-10-23(25(24)29(41)40(28)20-8-5-4-6-9-20)35-17-18-12-14-19(15-13-18)30(42)43-2;1-6-23(34-30(38)40-31(2,3)4)27-33-25-14-10-13-24(26(25)28(36)35(27)22-11-8-7-9-12-22)32-19-20-15-17-21(18-16-20)29(37)39-5;1-3-20(27)24-29-22-11-7-10-21(23(22)25(31)30(24)19-8-5-4-6-9-19)28-16-17-12-14-18(15-13-17)26(32)33-2;6-3-2(1-7)4(8)11-5(9)10-3/h4-15,22,35H,3,17H2,1-2H3,(H5,33,34,36,38,39);7-18,23,32H,6,19H2,1-5H3,(H,34,38);4-15,20,28H,3,16,27H2,1-2H3;(H4,8,9,10,11)/t22-;23-;20-;/m000./s1. The van der Waals surface area contributed by atoms with Gasteiger partial charge in [0.05, 0.1) is 106 Å². The van der Waals surface area contributed by atoms with E-state index in [1.807, 2.05) is 197 Å². The zero-order chi connectivity index (χ0) is 91.2. The number of nitrogens with two attached hydrogens (primary N) is 5. The SMILES string of the molecule is CC[C@H](N)c1nc2cccc(NCc3ccc(C(=O)OC)cc3)c2c(=O)n1-c1ccccc1.CC[C@H](NC(=O)OC(C)(C)C)c1nc2cccc(NCc3ccc(C(=O)OC)cc3)c2c(=O)n1-c1ccccc1.CC[C@H](Nc1nc(N)nc(N)c1C#N)c1nc2cccc(NCc3ccc(C(=O)OC)cc3)c2c(=O)n1-c1ccccc1.N#Cc1c(N)nc(N)nc1Cl. The van der Waals surface area contributed by atoms with Gasteiger partial charge >= 0.3 is 24.0 Å². The molecule has 0 unspecified atom stereocenters. The molecule has 0 spiro atoms. The number of nitrogens with one attached hydrogen (secondary N) is 5. The van der Waals surface area contributed by atoms with E-state index in [2.05, 4.69) is 46.5 Å². The Hall–Kier alpha value is -16.1. The summed E-state index contributed by atoms with van der Waals surface area (Å²) < 4.78 is 24.5. The molecule has 34 heteroatoms. The molecule has 0 saturated heterocycles. The van der Waals surface area contributed by atoms with Crippen molar-refractivity contribution in [2.75, 3.05) is 65.5 Å². The van der Waals surface area contributed by atoms with Gasteiger partial charge in [0.15, 0.2) is 11.0 Å². The highest BCUT2D eigenvalue weighted by Crippen LogP contribution is 2.32. The number of anilines is 8. The molecule has 14 aromatic rings. The van der Waals surface area contributed by atoms with Gasteiger partial charge < -0.3 is 74.2 Å². The molecular weight excluding hydrogens is 1640 g/mol. The Bertz CT molecular complexity index is 6590. The van der Waals surface area contributed by atoms with E-state index < -0.39 is 35.7 Å². The Morgan fingerprint density at radius 1 is 0.433 bits per heavy atom. The summed E-state index contributed by atoms with van der Waals surface area (Å²) in [6, 6.07) is 67.8. The summed E-state index contributed by atoms with van der Waals surface area (Å²) in [5.41, 5.74) is 37.0. The van der Waals surface area contributed by atoms with E-state index in [4.69, 9.17) is 79.4 Å². The van der Waals surface area contributed by atoms with E-state index in [1.54, 1.807) is 89.1 Å². The molecule has 127 heavy (non-hydrogen) atoms. The molecule has 0 aliphatic carbocycles. The molecule has 3 atom stereocenters. The van der Waals surface area contributed by atoms with E-state index in [-0.39, 0.29) is 74.3 Å². The molecule has 5 aromatic heterocycles. The highest BCUT2D eigenvalue weighted by atomic mass is 35.5. The fourth-order valence-corrected chi connectivity index (χ4v) is 13.6. The Morgan fingerprint density at radius 2 is 0.772 bits per heavy atom. The average Bonchev–Trinajstić information content (AvgIpc) is 0.765. The monoisotopic (exact) mass is 1730 g/mol. The quantitative estimate of drug-likeness (QED) is 0.0153. The lowest BCUT2D eigenvalue weighted by molar-refractivity contribution is 0.0496. The third kappa shape index (κ3) is 22.2. The van der Waals surface area contributed by atoms with Crippen molar-refractivity contribution in [3.8, 4) is 29.2 Å². The average molecular weight is 1730 g/mol. The van der Waals surface area contributed by atoms with Gasteiger partial charge in [0.2, 0.25) is 11.9 Å². The number of amides is 1. The number of halogens is 1. The van der Waals surface area contributed by atoms with E-state index in [0.29, 0.717) is 134 Å². The summed E-state index contributed by atoms with van der Waals surface area (Å²) in [5.74, 6) is 0.170. The number of benzene rings is 9. The lowest BCUT2D eigenvalue weighted by atomic mass is 10.1. The normalized spacial score (nSPS) is 11.5. The predicted octanol–water partition coefficient (Wildman–Crippen LogP) is 14.3. The molecule has 0 fully saturated rings. The molecule has 0 radical (unpaired) electrons. The zero-order valence-corrected chi connectivity index (χ0v) is 71.6. The number of nitrogen functional groups attached to an aromatic ring is 4. The molecule has 5 heterocycles. The van der Waals surface area contributed by atoms with Crippen LogP contribution in [0.15, 0.2) is 233 Å². The van der Waals surface area contributed by atoms with Gasteiger partial charge in [-0.3, -0.25) is 28.1 Å². The topological polar surface area (TPSA) is 499 Å². The van der Waals surface area contributed by atoms with Crippen molar-refractivity contribution in [2.24, 2.45) is 5.73 Å². The molecular formula is C93H93ClN22O11. The number of nitrogens with zero attached hydrogens (tertiary/aromatic N) is 12. The zero-order valence-electron chi connectivity index (χ0n) is 70.9. The molecule has 14 rings (SSSR count). The second-order valence-corrected chi connectivity index (χ2v) is 29.7. The number of carbonyl (C=O) groups excluding carboxylic acids is 4. The highest BCUT2D eigenvalue weighted by Gasteiger charge is 2.29. The highest BCUT2D eigenvalue weighted by molar-refractivity contribution is 6.31. The number of para-hydroxylation sites is 3. The number of ether oxygens (including phenoxy) is 4. The molecule has 648 valence electrons. The first-order chi connectivity index (χ1) is 61.1. The first-order valence-electron chi connectivity index (χ1n) is 40.0. The Labute approximate surface area is 734 Å². The number of hydrogen-bond acceptors (Lipinski definition) is 29. The Kier molecular flexibility index (Phi) is 30.4. The maximum absolute atomic E-state index is 14.3. The third-order valence-electron chi connectivity index (χ3n) is 19.7. The van der Waals surface area contributed by atoms with Crippen LogP contribution in [0.4, 0.5) is 51.2 Å². The molecule has 0 aliphatic heterocycles. The molecule has 0 bridgehead atoms. The van der Waals surface area contributed by atoms with Crippen molar-refractivity contribution in [2.45, 2.75) is 104 Å². The smallest absolute Gasteiger partial charge is 0.408 e. The first-order valence-corrected chi connectivity index (χ1v) is 40.4. The van der Waals surface area contributed by atoms with Crippen molar-refractivity contribution in [1.29, 1.82) is 10.5 Å². The number of carbonyl (C=O) groups is 4. The van der Waals surface area contributed by atoms with Gasteiger partial charge in [-0.1, -0.05) is 142 Å². The fraction of sp³-hybridized carbons (Fsp3) is 0.204. The van der Waals surface area contributed by atoms with Gasteiger partial charge in [-0.15, -0.1) is 0 Å². The Balaban J connectivity index is 0.000000175. The van der Waals surface area contributed by atoms with Crippen molar-refractivity contribution in [1.82, 2.24) is 53.9 Å². The molecule has 0 aliphatic rings. The number of hydrogen-bond donors (Lipinski definition) is 10. The van der Waals surface area contributed by atoms with Crippen LogP contribution in [0.2, 0.25) is 5.15 Å². The Morgan fingerprint density at radius 3 is 1.10 bits per heavy atom. The van der Waals surface area contributed by atoms with E-state index in [0.717, 1.165) is 22.4 Å². The van der Waals surface area contributed by atoms with Crippen LogP contribution in [-0.2, 0) is 38.6 Å². The molecule has 1 amide bonds. The van der Waals surface area contributed by atoms with Crippen LogP contribution in [-0.4, -0.2) is 99.5 Å². The maximum atomic E-state index is 14.3. The number of methoxy groups -OCH3 is 3. The number of esters is 3. The van der Waals surface area contributed by atoms with E-state index in [9.17, 15) is 38.8 Å². The van der Waals surface area contributed by atoms with Gasteiger partial charge in [-0.05, 0) is 166 Å². The number of nitriles is 2. The van der Waals surface area contributed by atoms with Gasteiger partial charge in [-0.25, -0.2) is 34.1 Å². The summed E-state index contributed by atoms with van der Waals surface area (Å²) in [4.78, 5) is 120. The summed E-state index contributed by atoms with van der Waals surface area (Å²) in [6.45, 7) is 12.5. The van der Waals surface area contributed by atoms with Gasteiger partial charge in [0.1, 0.15) is 58.0 Å². The van der Waals surface area contributed by atoms with E-state index in [1.165, 1.54) is 21.3 Å². The van der Waals surface area contributed by atoms with E-state index >= 15 is 0 Å². The van der Waals surface area contributed by atoms with Crippen molar-refractivity contribution in [3.63, 3.8) is 0 Å². The minimum absolute atomic E-state index is 0.00463. The number of rotatable bonds is 24. The van der Waals surface area contributed by atoms with Crippen LogP contribution in [0.5, 0.6) is 0 Å². The fourth-order valence-electron chi connectivity index (χ4n) is 13.4. The number of aromatic nitrogens is 10. The summed E-state index contributed by atoms with van der Waals surface area (Å²) in [6.07, 6.45) is 1.05. The number of alkyl carbamates (subject to hydrolysis) is 1. The maximum Gasteiger partial charge on any atom is 0.408 e. The summed E-state index contributed by atoms with van der Waals surface area (Å²) in [5, 5.41) is 35.6. The molecule has 15 N–H and O–H groups in total. The van der Waals surface area contributed by atoms with Crippen molar-refractivity contribution < 1.29 is 38.1 Å². The predicted molar refractivity (Wildman–Crippen MR) is 490 cm³/mol. The van der Waals surface area contributed by atoms with Crippen LogP contribution in [0.1, 0.15) is 155 Å². The summed E-state index contributed by atoms with van der Waals surface area (Å²) >= 11 is 5.50. The van der Waals surface area contributed by atoms with Crippen molar-refractivity contribution in [3.05, 3.63) is 317 Å². The van der Waals surface area contributed by atoms with Crippen molar-refractivity contribution >= 4 is 115 Å². The van der Waals surface area contributed by atoms with Crippen LogP contribution >= 0.6 is 11.6 Å². The van der Waals surface area contributed by atoms with Gasteiger partial charge in [0.25, 0.3) is 16.7 Å². The number of fused-ring (bicyclic) bond motifs is 3. The molecule has 9 aromatic carbocycles. The second kappa shape index (κ2) is 42.1. The largest absolute Gasteiger partial charge is 0.465 e. The van der Waals surface area contributed by atoms with Crippen LogP contribution in [0.3, 0.4) is 0 Å². The summed E-state index contributed by atoms with van der Waals surface area (Å²) in [7, 11) is 4.04. The minimum Gasteiger partial charge on any atom is -0.465 e. The van der Waals surface area contributed by atoms with Gasteiger partial charge in [0, 0.05) is 36.7 Å². The lowest BCUT2D eigenvalue weighted by Crippen LogP contribution is -2.37. The van der Waals surface area contributed by atoms with Crippen LogP contribution in [0.25, 0.3) is 49.8 Å². The lowest BCUT2D eigenvalue weighted by Gasteiger charge is -2.25.